The molecule has 0 unspecified atom stereocenters. The van der Waals surface area contributed by atoms with Crippen LogP contribution in [0.15, 0.2) is 69.5 Å². The minimum absolute atomic E-state index is 0.120. The van der Waals surface area contributed by atoms with Crippen LogP contribution in [0.1, 0.15) is 12.8 Å². The first kappa shape index (κ1) is 18.6. The molecule has 0 bridgehead atoms. The van der Waals surface area contributed by atoms with Gasteiger partial charge in [0.1, 0.15) is 22.2 Å². The smallest absolute Gasteiger partial charge is 0.226 e. The Labute approximate surface area is 192 Å². The summed E-state index contributed by atoms with van der Waals surface area (Å²) in [6, 6.07) is 19.9. The minimum Gasteiger partial charge on any atom is -0.456 e. The topological polar surface area (TPSA) is 65.0 Å². The van der Waals surface area contributed by atoms with Gasteiger partial charge in [-0.2, -0.15) is 9.97 Å². The molecular weight excluding hydrogens is 434 g/mol. The molecule has 158 valence electrons. The van der Waals surface area contributed by atoms with Crippen LogP contribution in [0, 0.1) is 0 Å². The fraction of sp³-hybridized carbons (Fsp3) is 0.0741. The Hall–Kier alpha value is -3.96. The first-order valence-electron chi connectivity index (χ1n) is 10.8. The van der Waals surface area contributed by atoms with Crippen LogP contribution in [0.4, 0.5) is 0 Å². The Morgan fingerprint density at radius 3 is 2.12 bits per heavy atom. The van der Waals surface area contributed by atoms with Crippen LogP contribution < -0.4 is 10.6 Å². The second-order valence-electron chi connectivity index (χ2n) is 8.08. The van der Waals surface area contributed by atoms with Gasteiger partial charge in [0.05, 0.1) is 11.1 Å². The Morgan fingerprint density at radius 1 is 0.636 bits per heavy atom. The third-order valence-corrected chi connectivity index (χ3v) is 6.29. The Morgan fingerprint density at radius 2 is 1.30 bits per heavy atom. The van der Waals surface area contributed by atoms with Gasteiger partial charge in [-0.3, -0.25) is 0 Å². The number of furan rings is 2. The summed E-state index contributed by atoms with van der Waals surface area (Å²) in [5.74, 6) is 0.927. The van der Waals surface area contributed by atoms with Gasteiger partial charge in [0.15, 0.2) is 11.6 Å². The predicted octanol–water partition coefficient (Wildman–Crippen LogP) is 5.86. The van der Waals surface area contributed by atoms with Gasteiger partial charge in [0.25, 0.3) is 0 Å². The minimum atomic E-state index is 0.120. The van der Waals surface area contributed by atoms with Crippen molar-refractivity contribution in [2.45, 2.75) is 12.8 Å². The molecule has 0 amide bonds. The lowest BCUT2D eigenvalue weighted by molar-refractivity contribution is 0.572. The summed E-state index contributed by atoms with van der Waals surface area (Å²) in [7, 11) is 0. The van der Waals surface area contributed by atoms with Gasteiger partial charge in [-0.05, 0) is 48.7 Å². The molecule has 7 rings (SSSR count). The van der Waals surface area contributed by atoms with Crippen molar-refractivity contribution >= 4 is 56.7 Å². The summed E-state index contributed by atoms with van der Waals surface area (Å²) in [6.07, 6.45) is 6.34. The predicted molar refractivity (Wildman–Crippen MR) is 130 cm³/mol. The maximum absolute atomic E-state index is 6.40. The lowest BCUT2D eigenvalue weighted by Gasteiger charge is -2.06. The van der Waals surface area contributed by atoms with Crippen LogP contribution in [0.2, 0.25) is 5.28 Å². The highest BCUT2D eigenvalue weighted by Crippen LogP contribution is 2.35. The van der Waals surface area contributed by atoms with E-state index in [1.165, 1.54) is 0 Å². The summed E-state index contributed by atoms with van der Waals surface area (Å²) in [5, 5.41) is 4.36. The number of nitrogens with zero attached hydrogens (tertiary/aromatic N) is 3. The maximum atomic E-state index is 6.40. The molecule has 6 heteroatoms. The van der Waals surface area contributed by atoms with Crippen molar-refractivity contribution in [2.75, 3.05) is 0 Å². The Balaban J connectivity index is 1.48. The molecular formula is C27H16ClN3O2. The molecule has 3 aromatic heterocycles. The fourth-order valence-electron chi connectivity index (χ4n) is 4.65. The van der Waals surface area contributed by atoms with Gasteiger partial charge < -0.3 is 8.83 Å². The molecule has 0 saturated heterocycles. The molecule has 0 spiro atoms. The number of benzene rings is 3. The standard InChI is InChI=1S/C27H16ClN3O2/c28-27-30-25(19-11-5-9-17-15-7-1-3-13-21(15)32-23(17)19)29-26(31-27)20-12-6-10-18-16-8-2-4-14-22(16)33-24(18)20/h1,3,5-14H,2,4H2. The molecule has 0 fully saturated rings. The van der Waals surface area contributed by atoms with Gasteiger partial charge in [-0.1, -0.05) is 48.5 Å². The van der Waals surface area contributed by atoms with Crippen LogP contribution in [-0.4, -0.2) is 15.0 Å². The zero-order valence-corrected chi connectivity index (χ0v) is 18.1. The second kappa shape index (κ2) is 7.02. The molecule has 3 heterocycles. The summed E-state index contributed by atoms with van der Waals surface area (Å²) >= 11 is 6.40. The van der Waals surface area contributed by atoms with Gasteiger partial charge in [-0.15, -0.1) is 0 Å². The third kappa shape index (κ3) is 2.82. The largest absolute Gasteiger partial charge is 0.456 e. The molecule has 0 atom stereocenters. The average molecular weight is 450 g/mol. The van der Waals surface area contributed by atoms with Crippen molar-refractivity contribution in [3.8, 4) is 22.8 Å². The molecule has 1 aliphatic rings. The summed E-state index contributed by atoms with van der Waals surface area (Å²) in [4.78, 5) is 13.7. The van der Waals surface area contributed by atoms with Crippen molar-refractivity contribution < 1.29 is 8.83 Å². The highest BCUT2D eigenvalue weighted by molar-refractivity contribution is 6.28. The summed E-state index contributed by atoms with van der Waals surface area (Å²) < 4.78 is 12.4. The summed E-state index contributed by atoms with van der Waals surface area (Å²) in [6.45, 7) is 0. The number of halogens is 1. The van der Waals surface area contributed by atoms with Crippen LogP contribution in [-0.2, 0) is 0 Å². The van der Waals surface area contributed by atoms with Gasteiger partial charge in [0.2, 0.25) is 5.28 Å². The van der Waals surface area contributed by atoms with E-state index in [9.17, 15) is 0 Å². The van der Waals surface area contributed by atoms with E-state index in [0.717, 1.165) is 67.5 Å². The Bertz CT molecular complexity index is 1850. The van der Waals surface area contributed by atoms with Crippen molar-refractivity contribution in [3.63, 3.8) is 0 Å². The van der Waals surface area contributed by atoms with Crippen molar-refractivity contribution in [3.05, 3.63) is 76.6 Å². The molecule has 5 nitrogen and oxygen atoms in total. The molecule has 3 aromatic carbocycles. The van der Waals surface area contributed by atoms with E-state index in [0.29, 0.717) is 11.6 Å². The Kier molecular flexibility index (Phi) is 3.96. The van der Waals surface area contributed by atoms with Gasteiger partial charge in [-0.25, -0.2) is 4.98 Å². The van der Waals surface area contributed by atoms with Crippen molar-refractivity contribution in [1.82, 2.24) is 15.0 Å². The van der Waals surface area contributed by atoms with Gasteiger partial charge in [0, 0.05) is 21.4 Å². The van der Waals surface area contributed by atoms with Gasteiger partial charge >= 0.3 is 0 Å². The summed E-state index contributed by atoms with van der Waals surface area (Å²) in [5.41, 5.74) is 4.75. The number of aromatic nitrogens is 3. The quantitative estimate of drug-likeness (QED) is 0.331. The molecule has 0 radical (unpaired) electrons. The number of fused-ring (bicyclic) bond motifs is 6. The van der Waals surface area contributed by atoms with E-state index in [-0.39, 0.29) is 5.28 Å². The lowest BCUT2D eigenvalue weighted by atomic mass is 10.1. The third-order valence-electron chi connectivity index (χ3n) is 6.12. The van der Waals surface area contributed by atoms with E-state index < -0.39 is 0 Å². The monoisotopic (exact) mass is 449 g/mol. The first-order chi connectivity index (χ1) is 16.3. The number of hydrogen-bond donors (Lipinski definition) is 0. The molecule has 0 saturated carbocycles. The van der Waals surface area contributed by atoms with Crippen LogP contribution in [0.5, 0.6) is 0 Å². The molecule has 1 aliphatic carbocycles. The van der Waals surface area contributed by atoms with E-state index in [2.05, 4.69) is 28.2 Å². The first-order valence-corrected chi connectivity index (χ1v) is 11.2. The van der Waals surface area contributed by atoms with E-state index in [4.69, 9.17) is 25.4 Å². The SMILES string of the molecule is Clc1nc(-c2cccc3c4c(oc23)=CCCC=4)nc(-c2cccc3c2oc2ccccc23)n1. The van der Waals surface area contributed by atoms with Crippen LogP contribution >= 0.6 is 11.6 Å². The molecule has 0 N–H and O–H groups in total. The maximum Gasteiger partial charge on any atom is 0.226 e. The highest BCUT2D eigenvalue weighted by Gasteiger charge is 2.18. The van der Waals surface area contributed by atoms with Crippen molar-refractivity contribution in [1.29, 1.82) is 0 Å². The molecule has 0 aliphatic heterocycles. The average Bonchev–Trinajstić information content (AvgIpc) is 3.42. The van der Waals surface area contributed by atoms with E-state index in [1.807, 2.05) is 54.6 Å². The van der Waals surface area contributed by atoms with Crippen LogP contribution in [0.25, 0.3) is 67.8 Å². The molecule has 33 heavy (non-hydrogen) atoms. The number of hydrogen-bond acceptors (Lipinski definition) is 5. The second-order valence-corrected chi connectivity index (χ2v) is 8.42. The molecule has 6 aromatic rings. The van der Waals surface area contributed by atoms with Crippen molar-refractivity contribution in [2.24, 2.45) is 0 Å². The zero-order valence-electron chi connectivity index (χ0n) is 17.4. The number of rotatable bonds is 2. The normalized spacial score (nSPS) is 13.2. The van der Waals surface area contributed by atoms with E-state index >= 15 is 0 Å². The fourth-order valence-corrected chi connectivity index (χ4v) is 4.81. The van der Waals surface area contributed by atoms with E-state index in [1.54, 1.807) is 0 Å². The zero-order chi connectivity index (χ0) is 21.9. The number of para-hydroxylation sites is 3. The lowest BCUT2D eigenvalue weighted by Crippen LogP contribution is -2.21. The van der Waals surface area contributed by atoms with Crippen LogP contribution in [0.3, 0.4) is 0 Å². The highest BCUT2D eigenvalue weighted by atomic mass is 35.5.